The van der Waals surface area contributed by atoms with Gasteiger partial charge in [-0.15, -0.1) is 0 Å². The van der Waals surface area contributed by atoms with Crippen LogP contribution in [0.2, 0.25) is 0 Å². The third-order valence-electron chi connectivity index (χ3n) is 3.53. The summed E-state index contributed by atoms with van der Waals surface area (Å²) in [5.41, 5.74) is 2.68. The van der Waals surface area contributed by atoms with Crippen LogP contribution < -0.4 is 10.6 Å². The third-order valence-corrected chi connectivity index (χ3v) is 3.53. The molecule has 104 valence electrons. The van der Waals surface area contributed by atoms with Gasteiger partial charge in [-0.3, -0.25) is 4.79 Å². The van der Waals surface area contributed by atoms with Gasteiger partial charge in [-0.1, -0.05) is 38.1 Å². The lowest BCUT2D eigenvalue weighted by Crippen LogP contribution is -2.51. The van der Waals surface area contributed by atoms with Gasteiger partial charge >= 0.3 is 0 Å². The number of carbonyl (C=O) groups is 1. The first kappa shape index (κ1) is 14.1. The van der Waals surface area contributed by atoms with Crippen molar-refractivity contribution < 1.29 is 4.79 Å². The molecule has 0 unspecified atom stereocenters. The van der Waals surface area contributed by atoms with Gasteiger partial charge in [0.2, 0.25) is 5.91 Å². The summed E-state index contributed by atoms with van der Waals surface area (Å²) in [4.78, 5) is 11.6. The van der Waals surface area contributed by atoms with Crippen molar-refractivity contribution in [2.75, 3.05) is 19.6 Å². The Hall–Kier alpha value is -1.35. The number of hydrogen-bond donors (Lipinski definition) is 2. The number of hydrogen-bond acceptors (Lipinski definition) is 2. The maximum absolute atomic E-state index is 11.6. The molecule has 0 aromatic heterocycles. The van der Waals surface area contributed by atoms with Crippen LogP contribution in [0, 0.1) is 11.8 Å². The largest absolute Gasteiger partial charge is 0.355 e. The average Bonchev–Trinajstić information content (AvgIpc) is 2.28. The van der Waals surface area contributed by atoms with Crippen LogP contribution in [-0.4, -0.2) is 25.5 Å². The first-order chi connectivity index (χ1) is 9.15. The zero-order chi connectivity index (χ0) is 13.7. The summed E-state index contributed by atoms with van der Waals surface area (Å²) in [5, 5.41) is 6.11. The van der Waals surface area contributed by atoms with Gasteiger partial charge in [-0.05, 0) is 29.9 Å². The normalized spacial score (nSPS) is 15.3. The zero-order valence-corrected chi connectivity index (χ0v) is 11.9. The highest BCUT2D eigenvalue weighted by molar-refractivity contribution is 5.79. The minimum Gasteiger partial charge on any atom is -0.355 e. The molecular weight excluding hydrogens is 236 g/mol. The molecule has 0 bridgehead atoms. The predicted molar refractivity (Wildman–Crippen MR) is 78.1 cm³/mol. The summed E-state index contributed by atoms with van der Waals surface area (Å²) in [6.45, 7) is 6.86. The average molecular weight is 260 g/mol. The Morgan fingerprint density at radius 2 is 1.89 bits per heavy atom. The van der Waals surface area contributed by atoms with Crippen LogP contribution >= 0.6 is 0 Å². The molecule has 1 heterocycles. The fourth-order valence-electron chi connectivity index (χ4n) is 2.26. The number of rotatable bonds is 6. The van der Waals surface area contributed by atoms with E-state index < -0.39 is 0 Å². The summed E-state index contributed by atoms with van der Waals surface area (Å²) in [6, 6.07) is 8.75. The van der Waals surface area contributed by atoms with Crippen molar-refractivity contribution in [3.05, 3.63) is 35.4 Å². The minimum absolute atomic E-state index is 0.188. The molecule has 3 heteroatoms. The van der Waals surface area contributed by atoms with Crippen LogP contribution in [-0.2, 0) is 17.6 Å². The molecule has 1 aliphatic heterocycles. The Morgan fingerprint density at radius 3 is 2.42 bits per heavy atom. The first-order valence-corrected chi connectivity index (χ1v) is 7.21. The molecular formula is C16H24N2O. The molecule has 0 aliphatic carbocycles. The second kappa shape index (κ2) is 6.71. The lowest BCUT2D eigenvalue weighted by molar-refractivity contribution is -0.126. The van der Waals surface area contributed by atoms with E-state index in [2.05, 4.69) is 48.7 Å². The van der Waals surface area contributed by atoms with Gasteiger partial charge in [0.1, 0.15) is 0 Å². The van der Waals surface area contributed by atoms with Crippen LogP contribution in [0.1, 0.15) is 25.0 Å². The topological polar surface area (TPSA) is 41.1 Å². The summed E-state index contributed by atoms with van der Waals surface area (Å²) < 4.78 is 0. The fourth-order valence-corrected chi connectivity index (χ4v) is 2.26. The summed E-state index contributed by atoms with van der Waals surface area (Å²) >= 11 is 0. The van der Waals surface area contributed by atoms with E-state index >= 15 is 0 Å². The molecule has 0 saturated carbocycles. The van der Waals surface area contributed by atoms with E-state index in [-0.39, 0.29) is 11.8 Å². The molecule has 3 nitrogen and oxygen atoms in total. The highest BCUT2D eigenvalue weighted by atomic mass is 16.2. The van der Waals surface area contributed by atoms with Crippen LogP contribution in [0.4, 0.5) is 0 Å². The Kier molecular flexibility index (Phi) is 4.97. The number of amides is 1. The monoisotopic (exact) mass is 260 g/mol. The predicted octanol–water partition coefficient (Wildman–Crippen LogP) is 1.76. The van der Waals surface area contributed by atoms with Crippen molar-refractivity contribution in [2.45, 2.75) is 26.7 Å². The van der Waals surface area contributed by atoms with Crippen molar-refractivity contribution in [3.63, 3.8) is 0 Å². The molecule has 1 aromatic carbocycles. The lowest BCUT2D eigenvalue weighted by atomic mass is 10.0. The third kappa shape index (κ3) is 4.35. The highest BCUT2D eigenvalue weighted by Gasteiger charge is 2.23. The van der Waals surface area contributed by atoms with Gasteiger partial charge in [-0.25, -0.2) is 0 Å². The Labute approximate surface area is 115 Å². The quantitative estimate of drug-likeness (QED) is 0.818. The Balaban J connectivity index is 1.72. The molecule has 0 spiro atoms. The molecule has 2 N–H and O–H groups in total. The Morgan fingerprint density at radius 1 is 1.26 bits per heavy atom. The molecule has 1 aliphatic rings. The van der Waals surface area contributed by atoms with Gasteiger partial charge in [-0.2, -0.15) is 0 Å². The van der Waals surface area contributed by atoms with Crippen molar-refractivity contribution in [3.8, 4) is 0 Å². The molecule has 0 atom stereocenters. The molecule has 1 saturated heterocycles. The number of carbonyl (C=O) groups excluding carboxylic acids is 1. The molecule has 1 amide bonds. The molecule has 1 aromatic rings. The molecule has 1 fully saturated rings. The summed E-state index contributed by atoms with van der Waals surface area (Å²) in [5.74, 6) is 1.07. The number of benzene rings is 1. The highest BCUT2D eigenvalue weighted by Crippen LogP contribution is 2.10. The maximum atomic E-state index is 11.6. The summed E-state index contributed by atoms with van der Waals surface area (Å²) in [6.07, 6.45) is 2.04. The SMILES string of the molecule is CC(C)Cc1ccc(CCNC(=O)C2CNC2)cc1. The van der Waals surface area contributed by atoms with Crippen molar-refractivity contribution in [1.82, 2.24) is 10.6 Å². The van der Waals surface area contributed by atoms with Crippen LogP contribution in [0.15, 0.2) is 24.3 Å². The standard InChI is InChI=1S/C16H24N2O/c1-12(2)9-14-5-3-13(4-6-14)7-8-18-16(19)15-10-17-11-15/h3-6,12,15,17H,7-11H2,1-2H3,(H,18,19). The lowest BCUT2D eigenvalue weighted by Gasteiger charge is -2.25. The fraction of sp³-hybridized carbons (Fsp3) is 0.562. The van der Waals surface area contributed by atoms with Crippen LogP contribution in [0.3, 0.4) is 0 Å². The van der Waals surface area contributed by atoms with Gasteiger partial charge in [0, 0.05) is 19.6 Å². The first-order valence-electron chi connectivity index (χ1n) is 7.21. The van der Waals surface area contributed by atoms with E-state index in [0.717, 1.165) is 32.5 Å². The minimum atomic E-state index is 0.188. The van der Waals surface area contributed by atoms with Gasteiger partial charge in [0.25, 0.3) is 0 Å². The van der Waals surface area contributed by atoms with Crippen LogP contribution in [0.25, 0.3) is 0 Å². The maximum Gasteiger partial charge on any atom is 0.225 e. The van der Waals surface area contributed by atoms with E-state index in [1.165, 1.54) is 11.1 Å². The van der Waals surface area contributed by atoms with Crippen LogP contribution in [0.5, 0.6) is 0 Å². The van der Waals surface area contributed by atoms with Crippen molar-refractivity contribution >= 4 is 5.91 Å². The smallest absolute Gasteiger partial charge is 0.225 e. The van der Waals surface area contributed by atoms with E-state index in [1.54, 1.807) is 0 Å². The molecule has 2 rings (SSSR count). The Bertz CT molecular complexity index is 407. The van der Waals surface area contributed by atoms with Gasteiger partial charge in [0.05, 0.1) is 5.92 Å². The van der Waals surface area contributed by atoms with E-state index in [1.807, 2.05) is 0 Å². The van der Waals surface area contributed by atoms with E-state index in [4.69, 9.17) is 0 Å². The second-order valence-corrected chi connectivity index (χ2v) is 5.81. The zero-order valence-electron chi connectivity index (χ0n) is 11.9. The number of nitrogens with one attached hydrogen (secondary N) is 2. The molecule has 0 radical (unpaired) electrons. The van der Waals surface area contributed by atoms with Crippen molar-refractivity contribution in [2.24, 2.45) is 11.8 Å². The van der Waals surface area contributed by atoms with Gasteiger partial charge < -0.3 is 10.6 Å². The second-order valence-electron chi connectivity index (χ2n) is 5.81. The molecule has 19 heavy (non-hydrogen) atoms. The van der Waals surface area contributed by atoms with Crippen molar-refractivity contribution in [1.29, 1.82) is 0 Å². The van der Waals surface area contributed by atoms with Gasteiger partial charge in [0.15, 0.2) is 0 Å². The van der Waals surface area contributed by atoms with E-state index in [9.17, 15) is 4.79 Å². The van der Waals surface area contributed by atoms with E-state index in [0.29, 0.717) is 5.92 Å². The summed E-state index contributed by atoms with van der Waals surface area (Å²) in [7, 11) is 0.